The Morgan fingerprint density at radius 2 is 1.94 bits per heavy atom. The monoisotopic (exact) mass is 258 g/mol. The van der Waals surface area contributed by atoms with Crippen molar-refractivity contribution in [3.05, 3.63) is 0 Å². The van der Waals surface area contributed by atoms with Gasteiger partial charge in [0.2, 0.25) is 0 Å². The third-order valence-electron chi connectivity index (χ3n) is 2.68. The average Bonchev–Trinajstić information content (AvgIpc) is 2.26. The Balaban J connectivity index is 2.67. The minimum Gasteiger partial charge on any atom is -0.468 e. The molecule has 6 nitrogen and oxygen atoms in total. The first-order valence-electron chi connectivity index (χ1n) is 6.05. The molecule has 1 aliphatic rings. The third kappa shape index (κ3) is 3.87. The summed E-state index contributed by atoms with van der Waals surface area (Å²) in [6, 6.07) is -0.500. The smallest absolute Gasteiger partial charge is 0.410 e. The highest BCUT2D eigenvalue weighted by Crippen LogP contribution is 2.14. The van der Waals surface area contributed by atoms with Crippen molar-refractivity contribution in [2.24, 2.45) is 0 Å². The van der Waals surface area contributed by atoms with E-state index in [1.165, 1.54) is 7.11 Å². The molecule has 0 aromatic rings. The summed E-state index contributed by atoms with van der Waals surface area (Å²) in [5.41, 5.74) is -0.539. The van der Waals surface area contributed by atoms with Crippen molar-refractivity contribution in [1.82, 2.24) is 10.2 Å². The van der Waals surface area contributed by atoms with Gasteiger partial charge in [-0.15, -0.1) is 0 Å². The van der Waals surface area contributed by atoms with Gasteiger partial charge in [0, 0.05) is 12.6 Å². The summed E-state index contributed by atoms with van der Waals surface area (Å²) in [7, 11) is 1.33. The van der Waals surface area contributed by atoms with E-state index in [1.54, 1.807) is 4.90 Å². The van der Waals surface area contributed by atoms with Crippen molar-refractivity contribution in [3.8, 4) is 0 Å². The Morgan fingerprint density at radius 1 is 1.33 bits per heavy atom. The first-order chi connectivity index (χ1) is 8.24. The molecule has 0 aromatic heterocycles. The van der Waals surface area contributed by atoms with Crippen LogP contribution in [0.3, 0.4) is 0 Å². The van der Waals surface area contributed by atoms with Gasteiger partial charge in [-0.1, -0.05) is 0 Å². The minimum atomic E-state index is -0.539. The number of carbonyl (C=O) groups is 2. The lowest BCUT2D eigenvalue weighted by Gasteiger charge is -2.38. The Hall–Kier alpha value is -1.30. The molecule has 1 amide bonds. The van der Waals surface area contributed by atoms with Gasteiger partial charge in [0.1, 0.15) is 11.6 Å². The summed E-state index contributed by atoms with van der Waals surface area (Å²) < 4.78 is 9.99. The van der Waals surface area contributed by atoms with Crippen molar-refractivity contribution in [2.75, 3.05) is 20.2 Å². The molecule has 0 spiro atoms. The van der Waals surface area contributed by atoms with Crippen molar-refractivity contribution >= 4 is 12.1 Å². The molecule has 18 heavy (non-hydrogen) atoms. The number of ether oxygens (including phenoxy) is 2. The van der Waals surface area contributed by atoms with E-state index in [0.29, 0.717) is 6.54 Å². The number of carbonyl (C=O) groups excluding carboxylic acids is 2. The number of rotatable bonds is 1. The van der Waals surface area contributed by atoms with Crippen LogP contribution in [0.2, 0.25) is 0 Å². The second kappa shape index (κ2) is 5.56. The molecule has 0 radical (unpaired) electrons. The van der Waals surface area contributed by atoms with E-state index >= 15 is 0 Å². The van der Waals surface area contributed by atoms with E-state index in [2.05, 4.69) is 10.1 Å². The molecule has 0 saturated carbocycles. The summed E-state index contributed by atoms with van der Waals surface area (Å²) in [4.78, 5) is 25.0. The Bertz CT molecular complexity index is 325. The molecular weight excluding hydrogens is 236 g/mol. The van der Waals surface area contributed by atoms with E-state index in [-0.39, 0.29) is 18.6 Å². The summed E-state index contributed by atoms with van der Waals surface area (Å²) in [5, 5.41) is 3.04. The zero-order valence-electron chi connectivity index (χ0n) is 11.6. The van der Waals surface area contributed by atoms with Crippen LogP contribution in [-0.4, -0.2) is 54.8 Å². The maximum Gasteiger partial charge on any atom is 0.410 e. The number of hydrogen-bond donors (Lipinski definition) is 1. The molecule has 1 aliphatic heterocycles. The van der Waals surface area contributed by atoms with Crippen LogP contribution < -0.4 is 5.32 Å². The molecule has 0 bridgehead atoms. The summed E-state index contributed by atoms with van der Waals surface area (Å²) >= 11 is 0. The predicted octanol–water partition coefficient (Wildman–Crippen LogP) is 0.757. The minimum absolute atomic E-state index is 0.0132. The van der Waals surface area contributed by atoms with E-state index in [9.17, 15) is 9.59 Å². The number of esters is 1. The van der Waals surface area contributed by atoms with E-state index in [4.69, 9.17) is 4.74 Å². The zero-order chi connectivity index (χ0) is 13.9. The normalized spacial score (nSPS) is 24.6. The molecule has 6 heteroatoms. The molecular formula is C12H22N2O4. The molecule has 1 N–H and O–H groups in total. The van der Waals surface area contributed by atoms with Gasteiger partial charge in [0.25, 0.3) is 0 Å². The van der Waals surface area contributed by atoms with Crippen molar-refractivity contribution < 1.29 is 19.1 Å². The molecule has 0 unspecified atom stereocenters. The van der Waals surface area contributed by atoms with Gasteiger partial charge in [-0.05, 0) is 27.7 Å². The molecule has 2 atom stereocenters. The second-order valence-electron chi connectivity index (χ2n) is 5.47. The lowest BCUT2D eigenvalue weighted by Crippen LogP contribution is -2.60. The third-order valence-corrected chi connectivity index (χ3v) is 2.68. The fourth-order valence-corrected chi connectivity index (χ4v) is 1.74. The Morgan fingerprint density at radius 3 is 2.44 bits per heavy atom. The van der Waals surface area contributed by atoms with E-state index in [1.807, 2.05) is 27.7 Å². The Labute approximate surface area is 108 Å². The highest BCUT2D eigenvalue weighted by molar-refractivity contribution is 5.77. The quantitative estimate of drug-likeness (QED) is 0.703. The number of methoxy groups -OCH3 is 1. The number of nitrogens with one attached hydrogen (secondary N) is 1. The van der Waals surface area contributed by atoms with E-state index < -0.39 is 17.7 Å². The van der Waals surface area contributed by atoms with Gasteiger partial charge >= 0.3 is 12.1 Å². The second-order valence-corrected chi connectivity index (χ2v) is 5.47. The van der Waals surface area contributed by atoms with Gasteiger partial charge < -0.3 is 19.7 Å². The summed E-state index contributed by atoms with van der Waals surface area (Å²) in [6.07, 6.45) is -0.398. The maximum absolute atomic E-state index is 12.0. The maximum atomic E-state index is 12.0. The van der Waals surface area contributed by atoms with Crippen LogP contribution in [0.15, 0.2) is 0 Å². The van der Waals surface area contributed by atoms with Gasteiger partial charge in [-0.25, -0.2) is 4.79 Å². The topological polar surface area (TPSA) is 67.9 Å². The van der Waals surface area contributed by atoms with Gasteiger partial charge in [-0.2, -0.15) is 0 Å². The number of piperazine rings is 1. The first kappa shape index (κ1) is 14.8. The van der Waals surface area contributed by atoms with Gasteiger partial charge in [0.05, 0.1) is 13.7 Å². The van der Waals surface area contributed by atoms with Crippen LogP contribution in [0.25, 0.3) is 0 Å². The lowest BCUT2D eigenvalue weighted by atomic mass is 10.1. The largest absolute Gasteiger partial charge is 0.468 e. The lowest BCUT2D eigenvalue weighted by molar-refractivity contribution is -0.144. The fraction of sp³-hybridized carbons (Fsp3) is 0.833. The van der Waals surface area contributed by atoms with Gasteiger partial charge in [0.15, 0.2) is 0 Å². The molecule has 0 aliphatic carbocycles. The van der Waals surface area contributed by atoms with Crippen LogP contribution in [0, 0.1) is 0 Å². The standard InChI is InChI=1S/C12H22N2O4/c1-8-6-13-9(10(15)17-5)7-14(8)11(16)18-12(2,3)4/h8-9,13H,6-7H2,1-5H3/t8-,9-/m1/s1. The zero-order valence-corrected chi connectivity index (χ0v) is 11.6. The predicted molar refractivity (Wildman–Crippen MR) is 66.2 cm³/mol. The first-order valence-corrected chi connectivity index (χ1v) is 6.05. The van der Waals surface area contributed by atoms with Gasteiger partial charge in [-0.3, -0.25) is 4.79 Å². The molecule has 1 saturated heterocycles. The molecule has 0 aromatic carbocycles. The van der Waals surface area contributed by atoms with Crippen LogP contribution in [-0.2, 0) is 14.3 Å². The van der Waals surface area contributed by atoms with Crippen molar-refractivity contribution in [2.45, 2.75) is 45.4 Å². The van der Waals surface area contributed by atoms with Crippen LogP contribution in [0.4, 0.5) is 4.79 Å². The average molecular weight is 258 g/mol. The van der Waals surface area contributed by atoms with Crippen LogP contribution in [0.5, 0.6) is 0 Å². The summed E-state index contributed by atoms with van der Waals surface area (Å²) in [5.74, 6) is -0.365. The highest BCUT2D eigenvalue weighted by atomic mass is 16.6. The molecule has 104 valence electrons. The fourth-order valence-electron chi connectivity index (χ4n) is 1.74. The number of hydrogen-bond acceptors (Lipinski definition) is 5. The highest BCUT2D eigenvalue weighted by Gasteiger charge is 2.34. The van der Waals surface area contributed by atoms with Crippen molar-refractivity contribution in [1.29, 1.82) is 0 Å². The molecule has 1 heterocycles. The number of nitrogens with zero attached hydrogens (tertiary/aromatic N) is 1. The number of amides is 1. The van der Waals surface area contributed by atoms with Crippen molar-refractivity contribution in [3.63, 3.8) is 0 Å². The van der Waals surface area contributed by atoms with Crippen LogP contribution in [0.1, 0.15) is 27.7 Å². The Kier molecular flexibility index (Phi) is 4.56. The van der Waals surface area contributed by atoms with Crippen LogP contribution >= 0.6 is 0 Å². The molecule has 1 rings (SSSR count). The van der Waals surface area contributed by atoms with E-state index in [0.717, 1.165) is 0 Å². The SMILES string of the molecule is COC(=O)[C@H]1CN(C(=O)OC(C)(C)C)[C@H](C)CN1. The summed E-state index contributed by atoms with van der Waals surface area (Å²) in [6.45, 7) is 8.16. The molecule has 1 fully saturated rings.